The van der Waals surface area contributed by atoms with Crippen molar-refractivity contribution in [3.63, 3.8) is 0 Å². The molecule has 0 saturated heterocycles. The fourth-order valence-electron chi connectivity index (χ4n) is 0.855. The van der Waals surface area contributed by atoms with Gasteiger partial charge >= 0.3 is 0 Å². The largest absolute Gasteiger partial charge is 0.193 e. The third-order valence-electron chi connectivity index (χ3n) is 1.39. The molecule has 0 fully saturated rings. The van der Waals surface area contributed by atoms with E-state index >= 15 is 0 Å². The summed E-state index contributed by atoms with van der Waals surface area (Å²) in [5.74, 6) is 0. The van der Waals surface area contributed by atoms with E-state index in [1.807, 2.05) is 6.07 Å². The molecule has 0 aliphatic heterocycles. The van der Waals surface area contributed by atoms with Crippen molar-refractivity contribution in [1.29, 1.82) is 5.26 Å². The van der Waals surface area contributed by atoms with Gasteiger partial charge in [0.25, 0.3) is 0 Å². The maximum atomic E-state index is 8.38. The molecule has 0 radical (unpaired) electrons. The molecule has 0 aromatic heterocycles. The number of halogens is 3. The van der Waals surface area contributed by atoms with E-state index in [1.165, 1.54) is 6.08 Å². The summed E-state index contributed by atoms with van der Waals surface area (Å²) in [4.78, 5) is 0. The third-order valence-corrected chi connectivity index (χ3v) is 2.32. The van der Waals surface area contributed by atoms with Crippen molar-refractivity contribution in [1.82, 2.24) is 0 Å². The first-order valence-electron chi connectivity index (χ1n) is 3.36. The number of benzene rings is 1. The van der Waals surface area contributed by atoms with Crippen LogP contribution in [-0.4, -0.2) is 0 Å². The van der Waals surface area contributed by atoms with Crippen LogP contribution in [0.1, 0.15) is 5.56 Å². The van der Waals surface area contributed by atoms with Crippen LogP contribution in [0.2, 0.25) is 10.0 Å². The van der Waals surface area contributed by atoms with Gasteiger partial charge in [-0.15, -0.1) is 0 Å². The van der Waals surface area contributed by atoms with E-state index in [-0.39, 0.29) is 5.03 Å². The normalized spacial score (nSPS) is 11.1. The molecule has 1 rings (SSSR count). The van der Waals surface area contributed by atoms with Gasteiger partial charge in [0.1, 0.15) is 0 Å². The summed E-state index contributed by atoms with van der Waals surface area (Å²) in [6.07, 6.45) is 1.19. The van der Waals surface area contributed by atoms with Gasteiger partial charge in [-0.1, -0.05) is 40.9 Å². The van der Waals surface area contributed by atoms with Crippen LogP contribution in [0.3, 0.4) is 0 Å². The van der Waals surface area contributed by atoms with Crippen LogP contribution in [0.25, 0.3) is 5.03 Å². The average Bonchev–Trinajstić information content (AvgIpc) is 2.04. The molecule has 0 aliphatic rings. The average molecular weight is 232 g/mol. The Morgan fingerprint density at radius 2 is 1.85 bits per heavy atom. The predicted octanol–water partition coefficient (Wildman–Crippen LogP) is 4.10. The maximum absolute atomic E-state index is 8.38. The van der Waals surface area contributed by atoms with Gasteiger partial charge < -0.3 is 0 Å². The van der Waals surface area contributed by atoms with Crippen molar-refractivity contribution in [3.05, 3.63) is 39.9 Å². The molecule has 4 heteroatoms. The van der Waals surface area contributed by atoms with Crippen molar-refractivity contribution < 1.29 is 0 Å². The number of nitriles is 1. The second-order valence-electron chi connectivity index (χ2n) is 2.22. The van der Waals surface area contributed by atoms with Crippen LogP contribution in [0.5, 0.6) is 0 Å². The minimum Gasteiger partial charge on any atom is -0.193 e. The van der Waals surface area contributed by atoms with Gasteiger partial charge in [0, 0.05) is 11.6 Å². The number of hydrogen-bond acceptors (Lipinski definition) is 1. The molecule has 0 saturated carbocycles. The Morgan fingerprint density at radius 3 is 2.31 bits per heavy atom. The number of rotatable bonds is 1. The molecule has 66 valence electrons. The lowest BCUT2D eigenvalue weighted by molar-refractivity contribution is 1.53. The summed E-state index contributed by atoms with van der Waals surface area (Å²) < 4.78 is 0. The molecule has 0 unspecified atom stereocenters. The Bertz CT molecular complexity index is 370. The molecule has 13 heavy (non-hydrogen) atoms. The Kier molecular flexibility index (Phi) is 3.62. The highest BCUT2D eigenvalue weighted by atomic mass is 35.5. The lowest BCUT2D eigenvalue weighted by Crippen LogP contribution is -1.81. The fourth-order valence-corrected chi connectivity index (χ4v) is 1.80. The second-order valence-corrected chi connectivity index (χ2v) is 3.44. The van der Waals surface area contributed by atoms with E-state index in [0.717, 1.165) is 0 Å². The first-order chi connectivity index (χ1) is 6.16. The minimum atomic E-state index is 0.248. The standard InChI is InChI=1S/C9H4Cl3N/c10-6-2-1-3-7(11)9(6)8(12)4-5-13/h1-4H/b8-4+. The summed E-state index contributed by atoms with van der Waals surface area (Å²) in [6.45, 7) is 0. The maximum Gasteiger partial charge on any atom is 0.0927 e. The van der Waals surface area contributed by atoms with Crippen molar-refractivity contribution in [2.75, 3.05) is 0 Å². The second kappa shape index (κ2) is 4.53. The zero-order valence-electron chi connectivity index (χ0n) is 6.39. The lowest BCUT2D eigenvalue weighted by atomic mass is 10.2. The zero-order valence-corrected chi connectivity index (χ0v) is 8.66. The van der Waals surface area contributed by atoms with Crippen molar-refractivity contribution >= 4 is 39.8 Å². The van der Waals surface area contributed by atoms with E-state index in [1.54, 1.807) is 18.2 Å². The van der Waals surface area contributed by atoms with E-state index in [9.17, 15) is 0 Å². The van der Waals surface area contributed by atoms with E-state index in [0.29, 0.717) is 15.6 Å². The summed E-state index contributed by atoms with van der Waals surface area (Å²) in [7, 11) is 0. The summed E-state index contributed by atoms with van der Waals surface area (Å²) >= 11 is 17.5. The van der Waals surface area contributed by atoms with E-state index < -0.39 is 0 Å². The van der Waals surface area contributed by atoms with Gasteiger partial charge in [-0.25, -0.2) is 0 Å². The minimum absolute atomic E-state index is 0.248. The zero-order chi connectivity index (χ0) is 9.84. The number of hydrogen-bond donors (Lipinski definition) is 0. The third kappa shape index (κ3) is 2.38. The van der Waals surface area contributed by atoms with E-state index in [2.05, 4.69) is 0 Å². The van der Waals surface area contributed by atoms with Gasteiger partial charge in [0.2, 0.25) is 0 Å². The van der Waals surface area contributed by atoms with Gasteiger partial charge in [0.15, 0.2) is 0 Å². The SMILES string of the molecule is N#C/C=C(/Cl)c1c(Cl)cccc1Cl. The summed E-state index contributed by atoms with van der Waals surface area (Å²) in [5, 5.41) is 9.50. The molecule has 0 N–H and O–H groups in total. The smallest absolute Gasteiger partial charge is 0.0927 e. The summed E-state index contributed by atoms with van der Waals surface area (Å²) in [5.41, 5.74) is 0.494. The predicted molar refractivity (Wildman–Crippen MR) is 55.9 cm³/mol. The summed E-state index contributed by atoms with van der Waals surface area (Å²) in [6, 6.07) is 6.85. The van der Waals surface area contributed by atoms with Gasteiger partial charge in [0.05, 0.1) is 21.1 Å². The molecule has 0 amide bonds. The molecule has 1 aromatic rings. The fraction of sp³-hybridized carbons (Fsp3) is 0. The number of nitrogens with zero attached hydrogens (tertiary/aromatic N) is 1. The highest BCUT2D eigenvalue weighted by molar-refractivity contribution is 6.52. The Hall–Kier alpha value is -0.680. The monoisotopic (exact) mass is 231 g/mol. The Labute approximate surface area is 91.1 Å². The highest BCUT2D eigenvalue weighted by Crippen LogP contribution is 2.32. The molecule has 1 aromatic carbocycles. The van der Waals surface area contributed by atoms with E-state index in [4.69, 9.17) is 40.1 Å². The van der Waals surface area contributed by atoms with Crippen LogP contribution in [-0.2, 0) is 0 Å². The molecule has 0 heterocycles. The number of allylic oxidation sites excluding steroid dienone is 1. The quantitative estimate of drug-likeness (QED) is 0.669. The molecule has 0 atom stereocenters. The van der Waals surface area contributed by atoms with Crippen LogP contribution in [0.4, 0.5) is 0 Å². The lowest BCUT2D eigenvalue weighted by Gasteiger charge is -2.03. The highest BCUT2D eigenvalue weighted by Gasteiger charge is 2.08. The topological polar surface area (TPSA) is 23.8 Å². The van der Waals surface area contributed by atoms with Crippen molar-refractivity contribution in [3.8, 4) is 6.07 Å². The van der Waals surface area contributed by atoms with Crippen LogP contribution >= 0.6 is 34.8 Å². The van der Waals surface area contributed by atoms with Gasteiger partial charge in [-0.3, -0.25) is 0 Å². The molecule has 1 nitrogen and oxygen atoms in total. The molecule has 0 spiro atoms. The van der Waals surface area contributed by atoms with Crippen LogP contribution in [0.15, 0.2) is 24.3 Å². The molecular weight excluding hydrogens is 228 g/mol. The molecule has 0 bridgehead atoms. The van der Waals surface area contributed by atoms with Gasteiger partial charge in [-0.2, -0.15) is 5.26 Å². The Balaban J connectivity index is 3.30. The molecular formula is C9H4Cl3N. The van der Waals surface area contributed by atoms with Crippen LogP contribution in [0, 0.1) is 11.3 Å². The van der Waals surface area contributed by atoms with Gasteiger partial charge in [-0.05, 0) is 12.1 Å². The first kappa shape index (κ1) is 10.4. The van der Waals surface area contributed by atoms with Crippen molar-refractivity contribution in [2.45, 2.75) is 0 Å². The Morgan fingerprint density at radius 1 is 1.31 bits per heavy atom. The van der Waals surface area contributed by atoms with Crippen molar-refractivity contribution in [2.24, 2.45) is 0 Å². The first-order valence-corrected chi connectivity index (χ1v) is 4.50. The molecule has 0 aliphatic carbocycles. The van der Waals surface area contributed by atoms with Crippen LogP contribution < -0.4 is 0 Å².